The molecule has 0 aromatic carbocycles. The Morgan fingerprint density at radius 2 is 2.00 bits per heavy atom. The maximum absolute atomic E-state index is 12.4. The second-order valence-corrected chi connectivity index (χ2v) is 5.08. The van der Waals surface area contributed by atoms with Gasteiger partial charge in [0.2, 0.25) is 0 Å². The van der Waals surface area contributed by atoms with Gasteiger partial charge >= 0.3 is 6.09 Å². The highest BCUT2D eigenvalue weighted by Crippen LogP contribution is 2.11. The molecule has 7 nitrogen and oxygen atoms in total. The largest absolute Gasteiger partial charge is 0.450 e. The van der Waals surface area contributed by atoms with Crippen LogP contribution in [0.25, 0.3) is 0 Å². The van der Waals surface area contributed by atoms with Crippen LogP contribution in [0.2, 0.25) is 0 Å². The van der Waals surface area contributed by atoms with Crippen molar-refractivity contribution >= 4 is 17.7 Å². The van der Waals surface area contributed by atoms with Gasteiger partial charge in [0.25, 0.3) is 5.91 Å². The van der Waals surface area contributed by atoms with Crippen molar-refractivity contribution in [3.8, 4) is 0 Å². The molecule has 2 heterocycles. The third-order valence-corrected chi connectivity index (χ3v) is 3.53. The number of amides is 2. The fraction of sp³-hybridized carbons (Fsp3) is 0.438. The first kappa shape index (κ1) is 16.8. The van der Waals surface area contributed by atoms with Crippen molar-refractivity contribution in [1.29, 1.82) is 0 Å². The van der Waals surface area contributed by atoms with Crippen molar-refractivity contribution in [2.75, 3.05) is 44.6 Å². The second-order valence-electron chi connectivity index (χ2n) is 5.08. The first-order valence-corrected chi connectivity index (χ1v) is 7.67. The van der Waals surface area contributed by atoms with E-state index in [9.17, 15) is 9.59 Å². The fourth-order valence-corrected chi connectivity index (χ4v) is 2.28. The maximum Gasteiger partial charge on any atom is 0.409 e. The highest BCUT2D eigenvalue weighted by atomic mass is 16.6. The lowest BCUT2D eigenvalue weighted by atomic mass is 10.2. The number of carbonyl (C=O) groups is 2. The van der Waals surface area contributed by atoms with Gasteiger partial charge in [-0.15, -0.1) is 6.58 Å². The minimum atomic E-state index is -0.324. The van der Waals surface area contributed by atoms with Gasteiger partial charge in [-0.25, -0.2) is 9.78 Å². The number of nitrogens with zero attached hydrogens (tertiary/aromatic N) is 3. The van der Waals surface area contributed by atoms with Crippen LogP contribution in [-0.4, -0.2) is 66.1 Å². The highest BCUT2D eigenvalue weighted by molar-refractivity contribution is 5.92. The Balaban J connectivity index is 1.89. The lowest BCUT2D eigenvalue weighted by molar-refractivity contribution is 0.0566. The summed E-state index contributed by atoms with van der Waals surface area (Å²) in [6.45, 7) is 8.32. The molecule has 0 unspecified atom stereocenters. The van der Waals surface area contributed by atoms with E-state index in [1.807, 2.05) is 6.07 Å². The van der Waals surface area contributed by atoms with Crippen molar-refractivity contribution in [3.05, 3.63) is 36.7 Å². The normalized spacial score (nSPS) is 14.3. The molecule has 0 spiro atoms. The number of pyridine rings is 1. The molecule has 1 fully saturated rings. The first-order chi connectivity index (χ1) is 11.2. The number of hydrogen-bond acceptors (Lipinski definition) is 5. The summed E-state index contributed by atoms with van der Waals surface area (Å²) in [7, 11) is 0. The number of ether oxygens (including phenoxy) is 1. The smallest absolute Gasteiger partial charge is 0.409 e. The van der Waals surface area contributed by atoms with Crippen LogP contribution < -0.4 is 5.32 Å². The molecule has 0 aliphatic carbocycles. The summed E-state index contributed by atoms with van der Waals surface area (Å²) in [5.41, 5.74) is 1.24. The number of piperazine rings is 1. The van der Waals surface area contributed by atoms with Crippen LogP contribution >= 0.6 is 0 Å². The number of anilines is 1. The predicted octanol–water partition coefficient (Wildman–Crippen LogP) is 1.59. The maximum atomic E-state index is 12.4. The molecule has 1 aromatic heterocycles. The molecule has 1 aromatic rings. The summed E-state index contributed by atoms with van der Waals surface area (Å²) in [5.74, 6) is -0.122. The van der Waals surface area contributed by atoms with Gasteiger partial charge in [-0.3, -0.25) is 4.79 Å². The molecule has 1 aliphatic heterocycles. The number of rotatable bonds is 5. The fourth-order valence-electron chi connectivity index (χ4n) is 2.28. The molecule has 7 heteroatoms. The Bertz CT molecular complexity index is 551. The SMILES string of the molecule is C=CCNc1ccc(C(=O)N2CCN(C(=O)OCC)CC2)nc1. The number of aromatic nitrogens is 1. The Morgan fingerprint density at radius 3 is 2.57 bits per heavy atom. The van der Waals surface area contributed by atoms with E-state index >= 15 is 0 Å². The lowest BCUT2D eigenvalue weighted by Crippen LogP contribution is -2.50. The molecule has 2 rings (SSSR count). The predicted molar refractivity (Wildman–Crippen MR) is 87.4 cm³/mol. The van der Waals surface area contributed by atoms with E-state index in [-0.39, 0.29) is 12.0 Å². The zero-order valence-corrected chi connectivity index (χ0v) is 13.3. The highest BCUT2D eigenvalue weighted by Gasteiger charge is 2.25. The van der Waals surface area contributed by atoms with Gasteiger partial charge in [0.1, 0.15) is 5.69 Å². The van der Waals surface area contributed by atoms with Crippen molar-refractivity contribution < 1.29 is 14.3 Å². The van der Waals surface area contributed by atoms with Crippen molar-refractivity contribution in [1.82, 2.24) is 14.8 Å². The van der Waals surface area contributed by atoms with E-state index in [2.05, 4.69) is 16.9 Å². The summed E-state index contributed by atoms with van der Waals surface area (Å²) >= 11 is 0. The number of carbonyl (C=O) groups excluding carboxylic acids is 2. The van der Waals surface area contributed by atoms with Crippen LogP contribution in [0.4, 0.5) is 10.5 Å². The molecule has 1 saturated heterocycles. The second kappa shape index (κ2) is 8.17. The zero-order valence-electron chi connectivity index (χ0n) is 13.3. The molecule has 0 radical (unpaired) electrons. The summed E-state index contributed by atoms with van der Waals surface area (Å²) in [6.07, 6.45) is 3.06. The minimum Gasteiger partial charge on any atom is -0.450 e. The lowest BCUT2D eigenvalue weighted by Gasteiger charge is -2.33. The molecule has 0 saturated carbocycles. The van der Waals surface area contributed by atoms with Crippen LogP contribution in [0.15, 0.2) is 31.0 Å². The van der Waals surface area contributed by atoms with Gasteiger partial charge < -0.3 is 19.9 Å². The van der Waals surface area contributed by atoms with Gasteiger partial charge in [-0.1, -0.05) is 6.08 Å². The van der Waals surface area contributed by atoms with E-state index in [0.29, 0.717) is 45.0 Å². The average Bonchev–Trinajstić information content (AvgIpc) is 2.60. The monoisotopic (exact) mass is 318 g/mol. The molecule has 0 atom stereocenters. The first-order valence-electron chi connectivity index (χ1n) is 7.67. The van der Waals surface area contributed by atoms with E-state index in [0.717, 1.165) is 5.69 Å². The molecule has 1 N–H and O–H groups in total. The molecule has 1 aliphatic rings. The third-order valence-electron chi connectivity index (χ3n) is 3.53. The molecule has 0 bridgehead atoms. The van der Waals surface area contributed by atoms with Crippen molar-refractivity contribution in [2.45, 2.75) is 6.92 Å². The quantitative estimate of drug-likeness (QED) is 0.835. The Labute approximate surface area is 135 Å². The van der Waals surface area contributed by atoms with Gasteiger partial charge in [-0.05, 0) is 19.1 Å². The summed E-state index contributed by atoms with van der Waals surface area (Å²) in [4.78, 5) is 31.6. The van der Waals surface area contributed by atoms with Crippen LogP contribution in [0.3, 0.4) is 0 Å². The summed E-state index contributed by atoms with van der Waals surface area (Å²) < 4.78 is 4.96. The Kier molecular flexibility index (Phi) is 5.96. The molecule has 23 heavy (non-hydrogen) atoms. The molecule has 2 amide bonds. The standard InChI is InChI=1S/C16H22N4O3/c1-3-7-17-13-5-6-14(18-12-13)15(21)19-8-10-20(11-9-19)16(22)23-4-2/h3,5-6,12,17H,1,4,7-11H2,2H3. The molecular weight excluding hydrogens is 296 g/mol. The van der Waals surface area contributed by atoms with Gasteiger partial charge in [0.15, 0.2) is 0 Å². The van der Waals surface area contributed by atoms with Crippen LogP contribution in [0.5, 0.6) is 0 Å². The van der Waals surface area contributed by atoms with Crippen LogP contribution in [0.1, 0.15) is 17.4 Å². The minimum absolute atomic E-state index is 0.122. The van der Waals surface area contributed by atoms with Gasteiger partial charge in [0, 0.05) is 32.7 Å². The van der Waals surface area contributed by atoms with E-state index in [1.54, 1.807) is 35.1 Å². The van der Waals surface area contributed by atoms with Gasteiger partial charge in [-0.2, -0.15) is 0 Å². The van der Waals surface area contributed by atoms with Gasteiger partial charge in [0.05, 0.1) is 18.5 Å². The van der Waals surface area contributed by atoms with Crippen molar-refractivity contribution in [3.63, 3.8) is 0 Å². The summed E-state index contributed by atoms with van der Waals surface area (Å²) in [6, 6.07) is 3.52. The van der Waals surface area contributed by atoms with Crippen LogP contribution in [-0.2, 0) is 4.74 Å². The van der Waals surface area contributed by atoms with E-state index in [4.69, 9.17) is 4.74 Å². The van der Waals surface area contributed by atoms with Crippen molar-refractivity contribution in [2.24, 2.45) is 0 Å². The van der Waals surface area contributed by atoms with E-state index in [1.165, 1.54) is 0 Å². The van der Waals surface area contributed by atoms with E-state index < -0.39 is 0 Å². The van der Waals surface area contributed by atoms with Crippen LogP contribution in [0, 0.1) is 0 Å². The number of hydrogen-bond donors (Lipinski definition) is 1. The number of nitrogens with one attached hydrogen (secondary N) is 1. The summed E-state index contributed by atoms with van der Waals surface area (Å²) in [5, 5.41) is 3.11. The zero-order chi connectivity index (χ0) is 16.7. The Hall–Kier alpha value is -2.57. The third kappa shape index (κ3) is 4.45. The molecular formula is C16H22N4O3. The Morgan fingerprint density at radius 1 is 1.30 bits per heavy atom. The average molecular weight is 318 g/mol. The topological polar surface area (TPSA) is 74.8 Å². The molecule has 124 valence electrons.